The molecule has 1 heteroatoms. The standard InChI is InChI=1S/C55H34O/c1-3-19-40(20-4-1)55(41-21-5-2-6-22-41)49-34-38(37-29-31-50-47(32-37)45-26-12-17-36-18-13-27-51(56-50)52(36)45)28-30-46(49)53-43-24-10-8-15-39(43)33-48(54(53)55)44-25-11-16-35-14-7-9-23-42(35)44/h1-34H. The Hall–Kier alpha value is -7.22. The normalized spacial score (nSPS) is 13.3. The molecule has 0 fully saturated rings. The van der Waals surface area contributed by atoms with Crippen molar-refractivity contribution in [1.29, 1.82) is 0 Å². The highest BCUT2D eigenvalue weighted by molar-refractivity contribution is 6.11. The number of fused-ring (bicyclic) bond motifs is 8. The molecule has 0 bridgehead atoms. The zero-order chi connectivity index (χ0) is 36.8. The highest BCUT2D eigenvalue weighted by Crippen LogP contribution is 2.61. The van der Waals surface area contributed by atoms with Crippen LogP contribution in [0.5, 0.6) is 11.5 Å². The fourth-order valence-corrected chi connectivity index (χ4v) is 9.96. The van der Waals surface area contributed by atoms with E-state index >= 15 is 0 Å². The van der Waals surface area contributed by atoms with Crippen molar-refractivity contribution in [2.24, 2.45) is 0 Å². The third kappa shape index (κ3) is 4.31. The number of hydrogen-bond acceptors (Lipinski definition) is 1. The summed E-state index contributed by atoms with van der Waals surface area (Å²) in [5.41, 5.74) is 14.3. The van der Waals surface area contributed by atoms with Crippen molar-refractivity contribution in [3.05, 3.63) is 229 Å². The maximum absolute atomic E-state index is 6.53. The summed E-state index contributed by atoms with van der Waals surface area (Å²) in [7, 11) is 0. The number of hydrogen-bond donors (Lipinski definition) is 0. The van der Waals surface area contributed by atoms with E-state index in [1.54, 1.807) is 0 Å². The fourth-order valence-electron chi connectivity index (χ4n) is 9.96. The van der Waals surface area contributed by atoms with Gasteiger partial charge in [-0.1, -0.05) is 176 Å². The van der Waals surface area contributed by atoms with Gasteiger partial charge in [-0.15, -0.1) is 0 Å². The van der Waals surface area contributed by atoms with Gasteiger partial charge in [0.05, 0.1) is 5.41 Å². The average molecular weight is 711 g/mol. The smallest absolute Gasteiger partial charge is 0.135 e. The summed E-state index contributed by atoms with van der Waals surface area (Å²) in [5, 5.41) is 7.37. The van der Waals surface area contributed by atoms with Crippen LogP contribution in [0, 0.1) is 0 Å². The molecule has 260 valence electrons. The molecule has 0 atom stereocenters. The molecule has 0 amide bonds. The minimum atomic E-state index is -0.610. The number of rotatable bonds is 4. The van der Waals surface area contributed by atoms with Crippen LogP contribution in [0.2, 0.25) is 0 Å². The van der Waals surface area contributed by atoms with E-state index < -0.39 is 5.41 Å². The average Bonchev–Trinajstić information content (AvgIpc) is 3.58. The predicted molar refractivity (Wildman–Crippen MR) is 233 cm³/mol. The lowest BCUT2D eigenvalue weighted by Gasteiger charge is -2.36. The van der Waals surface area contributed by atoms with Crippen molar-refractivity contribution in [3.8, 4) is 56.0 Å². The van der Waals surface area contributed by atoms with Gasteiger partial charge in [0.15, 0.2) is 0 Å². The number of benzene rings is 10. The molecule has 56 heavy (non-hydrogen) atoms. The predicted octanol–water partition coefficient (Wildman–Crippen LogP) is 14.6. The fraction of sp³-hybridized carbons (Fsp3) is 0.0182. The summed E-state index contributed by atoms with van der Waals surface area (Å²) in [6, 6.07) is 76.1. The maximum atomic E-state index is 6.53. The number of ether oxygens (including phenoxy) is 1. The Morgan fingerprint density at radius 3 is 1.73 bits per heavy atom. The monoisotopic (exact) mass is 710 g/mol. The Balaban J connectivity index is 1.19. The third-order valence-corrected chi connectivity index (χ3v) is 12.3. The van der Waals surface area contributed by atoms with E-state index in [1.807, 2.05) is 0 Å². The molecule has 1 nitrogen and oxygen atoms in total. The molecular formula is C55H34O. The van der Waals surface area contributed by atoms with E-state index in [2.05, 4.69) is 206 Å². The lowest BCUT2D eigenvalue weighted by Crippen LogP contribution is -2.29. The van der Waals surface area contributed by atoms with Gasteiger partial charge in [0.25, 0.3) is 0 Å². The van der Waals surface area contributed by atoms with Crippen LogP contribution in [0.25, 0.3) is 76.8 Å². The van der Waals surface area contributed by atoms with Gasteiger partial charge in [-0.05, 0) is 118 Å². The van der Waals surface area contributed by atoms with Crippen LogP contribution >= 0.6 is 0 Å². The summed E-state index contributed by atoms with van der Waals surface area (Å²) in [6.07, 6.45) is 0. The molecule has 12 rings (SSSR count). The largest absolute Gasteiger partial charge is 0.456 e. The Morgan fingerprint density at radius 1 is 0.339 bits per heavy atom. The molecule has 0 saturated carbocycles. The molecule has 0 unspecified atom stereocenters. The zero-order valence-electron chi connectivity index (χ0n) is 30.5. The first-order valence-corrected chi connectivity index (χ1v) is 19.4. The summed E-state index contributed by atoms with van der Waals surface area (Å²) in [6.45, 7) is 0. The second-order valence-corrected chi connectivity index (χ2v) is 15.1. The molecule has 10 aromatic carbocycles. The van der Waals surface area contributed by atoms with Gasteiger partial charge in [-0.25, -0.2) is 0 Å². The van der Waals surface area contributed by atoms with Crippen LogP contribution in [-0.2, 0) is 5.41 Å². The molecule has 10 aromatic rings. The van der Waals surface area contributed by atoms with Gasteiger partial charge in [-0.2, -0.15) is 0 Å². The van der Waals surface area contributed by atoms with Crippen LogP contribution in [-0.4, -0.2) is 0 Å². The molecule has 0 N–H and O–H groups in total. The van der Waals surface area contributed by atoms with Crippen LogP contribution in [0.15, 0.2) is 206 Å². The second-order valence-electron chi connectivity index (χ2n) is 15.1. The molecule has 0 radical (unpaired) electrons. The van der Waals surface area contributed by atoms with Crippen LogP contribution in [0.1, 0.15) is 22.3 Å². The Bertz CT molecular complexity index is 3160. The lowest BCUT2D eigenvalue weighted by atomic mass is 9.65. The molecule has 0 aromatic heterocycles. The molecule has 1 aliphatic carbocycles. The minimum Gasteiger partial charge on any atom is -0.456 e. The first kappa shape index (κ1) is 31.2. The molecule has 1 aliphatic heterocycles. The van der Waals surface area contributed by atoms with Crippen molar-refractivity contribution in [1.82, 2.24) is 0 Å². The molecule has 1 heterocycles. The minimum absolute atomic E-state index is 0.610. The molecule has 2 aliphatic rings. The highest BCUT2D eigenvalue weighted by Gasteiger charge is 2.48. The van der Waals surface area contributed by atoms with Crippen molar-refractivity contribution >= 4 is 32.3 Å². The van der Waals surface area contributed by atoms with Gasteiger partial charge in [0, 0.05) is 10.9 Å². The molecular weight excluding hydrogens is 677 g/mol. The molecule has 0 saturated heterocycles. The summed E-state index contributed by atoms with van der Waals surface area (Å²) >= 11 is 0. The SMILES string of the molecule is c1ccc(C2(c3ccccc3)c3cc(-c4ccc5c(c4)-c4cccc6cccc(c46)O5)ccc3-c3c2c(-c2cccc4ccccc24)cc2ccccc32)cc1. The maximum Gasteiger partial charge on any atom is 0.135 e. The lowest BCUT2D eigenvalue weighted by molar-refractivity contribution is 0.487. The third-order valence-electron chi connectivity index (χ3n) is 12.3. The van der Waals surface area contributed by atoms with Crippen LogP contribution < -0.4 is 4.74 Å². The second kappa shape index (κ2) is 11.9. The first-order valence-electron chi connectivity index (χ1n) is 19.4. The Labute approximate surface area is 325 Å². The molecule has 0 spiro atoms. The van der Waals surface area contributed by atoms with Gasteiger partial charge < -0.3 is 4.74 Å². The topological polar surface area (TPSA) is 9.23 Å². The van der Waals surface area contributed by atoms with E-state index in [0.717, 1.165) is 22.6 Å². The Kier molecular flexibility index (Phi) is 6.62. The van der Waals surface area contributed by atoms with Gasteiger partial charge >= 0.3 is 0 Å². The van der Waals surface area contributed by atoms with E-state index in [9.17, 15) is 0 Å². The highest BCUT2D eigenvalue weighted by atomic mass is 16.5. The Morgan fingerprint density at radius 2 is 0.946 bits per heavy atom. The van der Waals surface area contributed by atoms with Gasteiger partial charge in [0.2, 0.25) is 0 Å². The van der Waals surface area contributed by atoms with E-state index in [-0.39, 0.29) is 0 Å². The van der Waals surface area contributed by atoms with Gasteiger partial charge in [0.1, 0.15) is 11.5 Å². The van der Waals surface area contributed by atoms with E-state index in [4.69, 9.17) is 4.74 Å². The zero-order valence-corrected chi connectivity index (χ0v) is 30.5. The van der Waals surface area contributed by atoms with E-state index in [0.29, 0.717) is 0 Å². The van der Waals surface area contributed by atoms with Gasteiger partial charge in [-0.3, -0.25) is 0 Å². The summed E-state index contributed by atoms with van der Waals surface area (Å²) in [5.74, 6) is 1.81. The van der Waals surface area contributed by atoms with Crippen LogP contribution in [0.4, 0.5) is 0 Å². The van der Waals surface area contributed by atoms with Crippen molar-refractivity contribution < 1.29 is 4.74 Å². The van der Waals surface area contributed by atoms with Crippen molar-refractivity contribution in [3.63, 3.8) is 0 Å². The van der Waals surface area contributed by atoms with Crippen LogP contribution in [0.3, 0.4) is 0 Å². The van der Waals surface area contributed by atoms with Crippen molar-refractivity contribution in [2.75, 3.05) is 0 Å². The van der Waals surface area contributed by atoms with E-state index in [1.165, 1.54) is 88.0 Å². The summed E-state index contributed by atoms with van der Waals surface area (Å²) < 4.78 is 6.53. The first-order chi connectivity index (χ1) is 27.8. The quantitative estimate of drug-likeness (QED) is 0.177. The van der Waals surface area contributed by atoms with Crippen molar-refractivity contribution in [2.45, 2.75) is 5.41 Å². The summed E-state index contributed by atoms with van der Waals surface area (Å²) in [4.78, 5) is 0.